The second kappa shape index (κ2) is 6.11. The molecular formula is C20H17N3O4S. The van der Waals surface area contributed by atoms with Crippen LogP contribution in [0.15, 0.2) is 29.7 Å². The number of nitrogens with one attached hydrogen (secondary N) is 1. The monoisotopic (exact) mass is 395 g/mol. The minimum Gasteiger partial charge on any atom is -0.462 e. The molecule has 0 bridgehead atoms. The SMILES string of the molecule is CCOC(=O)c1c(C)sc2c1OC(N)=C(C#N)[C@@]21C(=O)Nc2ccc(C)cc21. The number of nitrogens with zero attached hydrogens (tertiary/aromatic N) is 1. The quantitative estimate of drug-likeness (QED) is 0.756. The van der Waals surface area contributed by atoms with Crippen LogP contribution in [0.2, 0.25) is 0 Å². The first kappa shape index (κ1) is 18.1. The number of aryl methyl sites for hydroxylation is 2. The predicted octanol–water partition coefficient (Wildman–Crippen LogP) is 2.87. The van der Waals surface area contributed by atoms with Crippen LogP contribution in [-0.4, -0.2) is 18.5 Å². The highest BCUT2D eigenvalue weighted by molar-refractivity contribution is 7.13. The molecule has 0 radical (unpaired) electrons. The number of fused-ring (bicyclic) bond motifs is 4. The summed E-state index contributed by atoms with van der Waals surface area (Å²) < 4.78 is 10.9. The summed E-state index contributed by atoms with van der Waals surface area (Å²) in [4.78, 5) is 26.9. The molecule has 28 heavy (non-hydrogen) atoms. The molecule has 2 aromatic rings. The van der Waals surface area contributed by atoms with Crippen molar-refractivity contribution >= 4 is 28.9 Å². The third-order valence-electron chi connectivity index (χ3n) is 4.97. The number of hydrogen-bond acceptors (Lipinski definition) is 7. The summed E-state index contributed by atoms with van der Waals surface area (Å²) in [5.74, 6) is -0.956. The van der Waals surface area contributed by atoms with Crippen LogP contribution in [0.5, 0.6) is 5.75 Å². The number of carbonyl (C=O) groups is 2. The molecule has 0 fully saturated rings. The number of esters is 1. The van der Waals surface area contributed by atoms with Gasteiger partial charge in [-0.3, -0.25) is 4.79 Å². The average Bonchev–Trinajstić information content (AvgIpc) is 3.11. The lowest BCUT2D eigenvalue weighted by atomic mass is 9.72. The Balaban J connectivity index is 2.10. The molecule has 3 N–H and O–H groups in total. The number of anilines is 1. The number of nitrogens with two attached hydrogens (primary N) is 1. The van der Waals surface area contributed by atoms with Gasteiger partial charge < -0.3 is 20.5 Å². The lowest BCUT2D eigenvalue weighted by Crippen LogP contribution is -2.41. The van der Waals surface area contributed by atoms with Gasteiger partial charge in [0, 0.05) is 16.1 Å². The van der Waals surface area contributed by atoms with Crippen molar-refractivity contribution in [3.05, 3.63) is 56.1 Å². The van der Waals surface area contributed by atoms with Crippen molar-refractivity contribution in [2.45, 2.75) is 26.2 Å². The van der Waals surface area contributed by atoms with Gasteiger partial charge in [-0.05, 0) is 26.8 Å². The van der Waals surface area contributed by atoms with E-state index >= 15 is 0 Å². The number of rotatable bonds is 2. The largest absolute Gasteiger partial charge is 0.462 e. The van der Waals surface area contributed by atoms with Gasteiger partial charge in [0.15, 0.2) is 11.2 Å². The topological polar surface area (TPSA) is 114 Å². The van der Waals surface area contributed by atoms with Crippen LogP contribution in [0.1, 0.15) is 38.2 Å². The van der Waals surface area contributed by atoms with E-state index in [1.54, 1.807) is 19.9 Å². The fraction of sp³-hybridized carbons (Fsp3) is 0.250. The molecule has 7 nitrogen and oxygen atoms in total. The normalized spacial score (nSPS) is 19.6. The van der Waals surface area contributed by atoms with Gasteiger partial charge in [0.25, 0.3) is 0 Å². The summed E-state index contributed by atoms with van der Waals surface area (Å²) in [5.41, 5.74) is 7.03. The zero-order valence-corrected chi connectivity index (χ0v) is 16.3. The van der Waals surface area contributed by atoms with Crippen LogP contribution in [0.3, 0.4) is 0 Å². The lowest BCUT2D eigenvalue weighted by Gasteiger charge is -2.31. The van der Waals surface area contributed by atoms with E-state index in [9.17, 15) is 14.9 Å². The Morgan fingerprint density at radius 3 is 2.86 bits per heavy atom. The van der Waals surface area contributed by atoms with E-state index in [0.29, 0.717) is 21.0 Å². The molecule has 142 valence electrons. The first-order valence-corrected chi connectivity index (χ1v) is 9.49. The van der Waals surface area contributed by atoms with Gasteiger partial charge in [-0.25, -0.2) is 4.79 Å². The van der Waals surface area contributed by atoms with Crippen molar-refractivity contribution < 1.29 is 19.1 Å². The predicted molar refractivity (Wildman–Crippen MR) is 103 cm³/mol. The van der Waals surface area contributed by atoms with E-state index < -0.39 is 17.3 Å². The summed E-state index contributed by atoms with van der Waals surface area (Å²) in [7, 11) is 0. The second-order valence-corrected chi connectivity index (χ2v) is 7.84. The fourth-order valence-corrected chi connectivity index (χ4v) is 5.07. The third-order valence-corrected chi connectivity index (χ3v) is 6.18. The molecule has 1 aromatic carbocycles. The highest BCUT2D eigenvalue weighted by atomic mass is 32.1. The molecule has 1 amide bonds. The zero-order valence-electron chi connectivity index (χ0n) is 15.5. The molecule has 3 heterocycles. The molecule has 0 saturated heterocycles. The van der Waals surface area contributed by atoms with Crippen LogP contribution < -0.4 is 15.8 Å². The average molecular weight is 395 g/mol. The maximum Gasteiger partial charge on any atom is 0.343 e. The van der Waals surface area contributed by atoms with Crippen LogP contribution >= 0.6 is 11.3 Å². The maximum atomic E-state index is 13.3. The van der Waals surface area contributed by atoms with Gasteiger partial charge in [0.2, 0.25) is 11.8 Å². The molecule has 1 atom stereocenters. The van der Waals surface area contributed by atoms with Crippen LogP contribution in [0, 0.1) is 25.2 Å². The minimum atomic E-state index is -1.45. The van der Waals surface area contributed by atoms with Crippen molar-refractivity contribution in [2.75, 3.05) is 11.9 Å². The van der Waals surface area contributed by atoms with Crippen LogP contribution in [-0.2, 0) is 14.9 Å². The van der Waals surface area contributed by atoms with Crippen LogP contribution in [0.25, 0.3) is 0 Å². The number of thiophene rings is 1. The first-order chi connectivity index (χ1) is 13.4. The van der Waals surface area contributed by atoms with Gasteiger partial charge >= 0.3 is 5.97 Å². The van der Waals surface area contributed by atoms with E-state index in [4.69, 9.17) is 15.2 Å². The molecule has 0 aliphatic carbocycles. The lowest BCUT2D eigenvalue weighted by molar-refractivity contribution is -0.118. The highest BCUT2D eigenvalue weighted by Crippen LogP contribution is 2.57. The van der Waals surface area contributed by atoms with Crippen molar-refractivity contribution in [3.63, 3.8) is 0 Å². The van der Waals surface area contributed by atoms with Gasteiger partial charge in [0.1, 0.15) is 17.2 Å². The Bertz CT molecular complexity index is 1130. The maximum absolute atomic E-state index is 13.3. The molecule has 4 rings (SSSR count). The number of nitriles is 1. The number of amides is 1. The summed E-state index contributed by atoms with van der Waals surface area (Å²) >= 11 is 1.23. The van der Waals surface area contributed by atoms with E-state index in [1.807, 2.05) is 19.1 Å². The van der Waals surface area contributed by atoms with Crippen molar-refractivity contribution in [1.82, 2.24) is 0 Å². The molecule has 0 unspecified atom stereocenters. The molecule has 2 aliphatic heterocycles. The Morgan fingerprint density at radius 2 is 2.18 bits per heavy atom. The number of carbonyl (C=O) groups excluding carboxylic acids is 2. The van der Waals surface area contributed by atoms with E-state index in [2.05, 4.69) is 11.4 Å². The molecule has 0 saturated carbocycles. The molecule has 1 aromatic heterocycles. The number of ether oxygens (including phenoxy) is 2. The van der Waals surface area contributed by atoms with Crippen LogP contribution in [0.4, 0.5) is 5.69 Å². The second-order valence-electron chi connectivity index (χ2n) is 6.62. The Labute approximate surface area is 165 Å². The first-order valence-electron chi connectivity index (χ1n) is 8.67. The zero-order chi connectivity index (χ0) is 20.2. The van der Waals surface area contributed by atoms with Gasteiger partial charge in [-0.1, -0.05) is 17.7 Å². The van der Waals surface area contributed by atoms with E-state index in [1.165, 1.54) is 11.3 Å². The smallest absolute Gasteiger partial charge is 0.343 e. The molecule has 2 aliphatic rings. The van der Waals surface area contributed by atoms with Crippen molar-refractivity contribution in [3.8, 4) is 11.8 Å². The third kappa shape index (κ3) is 2.14. The summed E-state index contributed by atoms with van der Waals surface area (Å²) in [6.07, 6.45) is 0. The standard InChI is InChI=1S/C20H17N3O4S/c1-4-26-18(24)14-10(3)28-16-15(14)27-17(22)12(8-21)20(16)11-7-9(2)5-6-13(11)23-19(20)25/h5-7H,4,22H2,1-3H3,(H,23,25)/t20-/m1/s1. The summed E-state index contributed by atoms with van der Waals surface area (Å²) in [5, 5.41) is 12.7. The molecule has 1 spiro atoms. The molecular weight excluding hydrogens is 378 g/mol. The summed E-state index contributed by atoms with van der Waals surface area (Å²) in [6.45, 7) is 5.56. The van der Waals surface area contributed by atoms with E-state index in [-0.39, 0.29) is 29.4 Å². The molecule has 8 heteroatoms. The summed E-state index contributed by atoms with van der Waals surface area (Å²) in [6, 6.07) is 7.59. The Hall–Kier alpha value is -3.31. The Morgan fingerprint density at radius 1 is 1.43 bits per heavy atom. The van der Waals surface area contributed by atoms with Crippen molar-refractivity contribution in [2.24, 2.45) is 5.73 Å². The number of hydrogen-bond donors (Lipinski definition) is 2. The van der Waals surface area contributed by atoms with Gasteiger partial charge in [0.05, 0.1) is 11.5 Å². The fourth-order valence-electron chi connectivity index (χ4n) is 3.80. The minimum absolute atomic E-state index is 0.0125. The Kier molecular flexibility index (Phi) is 3.94. The number of benzene rings is 1. The van der Waals surface area contributed by atoms with E-state index in [0.717, 1.165) is 5.56 Å². The highest BCUT2D eigenvalue weighted by Gasteiger charge is 2.58. The van der Waals surface area contributed by atoms with Gasteiger partial charge in [-0.15, -0.1) is 11.3 Å². The van der Waals surface area contributed by atoms with Crippen molar-refractivity contribution in [1.29, 1.82) is 5.26 Å². The van der Waals surface area contributed by atoms with Gasteiger partial charge in [-0.2, -0.15) is 5.26 Å².